The summed E-state index contributed by atoms with van der Waals surface area (Å²) in [5, 5.41) is 3.28. The van der Waals surface area contributed by atoms with Gasteiger partial charge in [0.25, 0.3) is 5.91 Å². The van der Waals surface area contributed by atoms with Crippen LogP contribution in [-0.4, -0.2) is 61.4 Å². The summed E-state index contributed by atoms with van der Waals surface area (Å²) in [6.45, 7) is 3.13. The van der Waals surface area contributed by atoms with Crippen LogP contribution in [0.25, 0.3) is 0 Å². The molecule has 6 nitrogen and oxygen atoms in total. The average molecular weight is 565 g/mol. The molecule has 2 aromatic rings. The zero-order valence-corrected chi connectivity index (χ0v) is 19.4. The van der Waals surface area contributed by atoms with E-state index < -0.39 is 0 Å². The van der Waals surface area contributed by atoms with Gasteiger partial charge in [-0.2, -0.15) is 0 Å². The molecule has 1 N–H and O–H groups in total. The lowest BCUT2D eigenvalue weighted by atomic mass is 10.1. The molecular weight excluding hydrogens is 542 g/mol. The second-order valence-electron chi connectivity index (χ2n) is 6.22. The summed E-state index contributed by atoms with van der Waals surface area (Å²) in [6.07, 6.45) is 2.06. The molecule has 28 heavy (non-hydrogen) atoms. The normalized spacial score (nSPS) is 14.6. The topological polar surface area (TPSA) is 61.1 Å². The van der Waals surface area contributed by atoms with Gasteiger partial charge in [0.2, 0.25) is 0 Å². The molecule has 1 aliphatic rings. The van der Waals surface area contributed by atoms with Gasteiger partial charge in [-0.3, -0.25) is 9.79 Å². The summed E-state index contributed by atoms with van der Waals surface area (Å²) >= 11 is 3.37. The van der Waals surface area contributed by atoms with E-state index in [4.69, 9.17) is 4.42 Å². The first-order valence-corrected chi connectivity index (χ1v) is 9.60. The van der Waals surface area contributed by atoms with E-state index in [1.54, 1.807) is 36.2 Å². The number of carbonyl (C=O) groups is 1. The van der Waals surface area contributed by atoms with Crippen molar-refractivity contribution < 1.29 is 13.6 Å². The van der Waals surface area contributed by atoms with Gasteiger partial charge in [-0.25, -0.2) is 4.39 Å². The van der Waals surface area contributed by atoms with E-state index in [9.17, 15) is 9.18 Å². The van der Waals surface area contributed by atoms with Crippen LogP contribution >= 0.6 is 39.9 Å². The van der Waals surface area contributed by atoms with Gasteiger partial charge in [0.05, 0.1) is 6.26 Å². The van der Waals surface area contributed by atoms with Crippen LogP contribution in [0.2, 0.25) is 0 Å². The van der Waals surface area contributed by atoms with E-state index in [1.165, 1.54) is 12.3 Å². The van der Waals surface area contributed by atoms with Crippen LogP contribution < -0.4 is 5.32 Å². The molecule has 152 valence electrons. The second-order valence-corrected chi connectivity index (χ2v) is 7.13. The lowest BCUT2D eigenvalue weighted by molar-refractivity contribution is 0.0658. The fraction of sp³-hybridized carbons (Fsp3) is 0.368. The molecule has 1 amide bonds. The Morgan fingerprint density at radius 2 is 1.96 bits per heavy atom. The van der Waals surface area contributed by atoms with Crippen molar-refractivity contribution in [1.29, 1.82) is 0 Å². The number of hydrogen-bond donors (Lipinski definition) is 1. The van der Waals surface area contributed by atoms with Gasteiger partial charge in [0.1, 0.15) is 5.82 Å². The summed E-state index contributed by atoms with van der Waals surface area (Å²) in [5.74, 6) is 0.824. The van der Waals surface area contributed by atoms with Crippen molar-refractivity contribution in [1.82, 2.24) is 15.1 Å². The molecule has 1 aromatic carbocycles. The van der Waals surface area contributed by atoms with Crippen LogP contribution in [0, 0.1) is 5.82 Å². The number of benzene rings is 1. The number of rotatable bonds is 4. The van der Waals surface area contributed by atoms with E-state index in [0.29, 0.717) is 50.5 Å². The van der Waals surface area contributed by atoms with Crippen molar-refractivity contribution in [3.8, 4) is 0 Å². The van der Waals surface area contributed by atoms with Gasteiger partial charge in [0, 0.05) is 44.2 Å². The number of amides is 1. The van der Waals surface area contributed by atoms with E-state index in [0.717, 1.165) is 10.4 Å². The van der Waals surface area contributed by atoms with Gasteiger partial charge < -0.3 is 19.5 Å². The molecule has 0 radical (unpaired) electrons. The van der Waals surface area contributed by atoms with Gasteiger partial charge in [-0.1, -0.05) is 15.9 Å². The Morgan fingerprint density at radius 3 is 2.61 bits per heavy atom. The number of guanidine groups is 1. The van der Waals surface area contributed by atoms with Crippen LogP contribution in [-0.2, 0) is 6.42 Å². The third kappa shape index (κ3) is 5.69. The highest BCUT2D eigenvalue weighted by atomic mass is 127. The van der Waals surface area contributed by atoms with E-state index in [-0.39, 0.29) is 35.7 Å². The van der Waals surface area contributed by atoms with Crippen LogP contribution in [0.1, 0.15) is 16.1 Å². The molecule has 0 atom stereocenters. The Kier molecular flexibility index (Phi) is 8.74. The molecule has 1 aliphatic heterocycles. The Morgan fingerprint density at radius 1 is 1.25 bits per heavy atom. The van der Waals surface area contributed by atoms with Crippen LogP contribution in [0.3, 0.4) is 0 Å². The summed E-state index contributed by atoms with van der Waals surface area (Å²) in [5.41, 5.74) is 0.654. The highest BCUT2D eigenvalue weighted by Gasteiger charge is 2.25. The Balaban J connectivity index is 0.00000280. The predicted octanol–water partition coefficient (Wildman–Crippen LogP) is 3.38. The number of carbonyl (C=O) groups excluding carboxylic acids is 1. The summed E-state index contributed by atoms with van der Waals surface area (Å²) in [7, 11) is 1.72. The quantitative estimate of drug-likeness (QED) is 0.351. The molecule has 3 rings (SSSR count). The minimum atomic E-state index is -0.208. The van der Waals surface area contributed by atoms with Crippen molar-refractivity contribution in [2.24, 2.45) is 4.99 Å². The maximum Gasteiger partial charge on any atom is 0.289 e. The molecule has 2 heterocycles. The lowest BCUT2D eigenvalue weighted by Gasteiger charge is -2.36. The second kappa shape index (κ2) is 10.8. The molecular formula is C19H23BrFIN4O2. The zero-order valence-electron chi connectivity index (χ0n) is 15.5. The summed E-state index contributed by atoms with van der Waals surface area (Å²) in [4.78, 5) is 20.5. The largest absolute Gasteiger partial charge is 0.459 e. The van der Waals surface area contributed by atoms with Crippen molar-refractivity contribution in [2.75, 3.05) is 39.8 Å². The Hall–Kier alpha value is -1.62. The molecule has 0 saturated carbocycles. The Labute approximate surface area is 189 Å². The van der Waals surface area contributed by atoms with Crippen LogP contribution in [0.4, 0.5) is 4.39 Å². The van der Waals surface area contributed by atoms with E-state index >= 15 is 0 Å². The number of hydrogen-bond acceptors (Lipinski definition) is 3. The molecule has 0 unspecified atom stereocenters. The monoisotopic (exact) mass is 564 g/mol. The predicted molar refractivity (Wildman–Crippen MR) is 121 cm³/mol. The zero-order chi connectivity index (χ0) is 19.2. The third-order valence-electron chi connectivity index (χ3n) is 4.50. The number of aliphatic imine (C=N–C) groups is 1. The SMILES string of the molecule is CN=C(NCCc1cc(Br)ccc1F)N1CCN(C(=O)c2ccco2)CC1.I. The highest BCUT2D eigenvalue weighted by molar-refractivity contribution is 14.0. The first kappa shape index (κ1) is 22.7. The van der Waals surface area contributed by atoms with Gasteiger partial charge in [0.15, 0.2) is 11.7 Å². The maximum atomic E-state index is 13.8. The van der Waals surface area contributed by atoms with Crippen molar-refractivity contribution in [3.63, 3.8) is 0 Å². The number of halogens is 3. The molecule has 0 aliphatic carbocycles. The van der Waals surface area contributed by atoms with E-state index in [1.807, 2.05) is 0 Å². The third-order valence-corrected chi connectivity index (χ3v) is 4.99. The van der Waals surface area contributed by atoms with Crippen LogP contribution in [0.5, 0.6) is 0 Å². The highest BCUT2D eigenvalue weighted by Crippen LogP contribution is 2.16. The maximum absolute atomic E-state index is 13.8. The first-order valence-electron chi connectivity index (χ1n) is 8.81. The number of furan rings is 1. The minimum Gasteiger partial charge on any atom is -0.459 e. The molecule has 9 heteroatoms. The van der Waals surface area contributed by atoms with Crippen molar-refractivity contribution in [2.45, 2.75) is 6.42 Å². The summed E-state index contributed by atoms with van der Waals surface area (Å²) in [6, 6.07) is 8.33. The van der Waals surface area contributed by atoms with Gasteiger partial charge in [-0.05, 0) is 42.3 Å². The van der Waals surface area contributed by atoms with E-state index in [2.05, 4.69) is 31.1 Å². The minimum absolute atomic E-state index is 0. The molecule has 1 saturated heterocycles. The average Bonchev–Trinajstić information content (AvgIpc) is 3.22. The van der Waals surface area contributed by atoms with Crippen molar-refractivity contribution >= 4 is 51.8 Å². The molecule has 1 aromatic heterocycles. The lowest BCUT2D eigenvalue weighted by Crippen LogP contribution is -2.54. The fourth-order valence-electron chi connectivity index (χ4n) is 3.05. The standard InChI is InChI=1S/C19H22BrFN4O2.HI/c1-22-19(23-7-6-14-13-15(20)4-5-16(14)21)25-10-8-24(9-11-25)18(26)17-3-2-12-27-17;/h2-5,12-13H,6-11H2,1H3,(H,22,23);1H. The molecule has 0 spiro atoms. The van der Waals surface area contributed by atoms with Crippen molar-refractivity contribution in [3.05, 3.63) is 58.2 Å². The number of nitrogens with zero attached hydrogens (tertiary/aromatic N) is 3. The molecule has 1 fully saturated rings. The smallest absolute Gasteiger partial charge is 0.289 e. The molecule has 0 bridgehead atoms. The Bertz CT molecular complexity index is 808. The van der Waals surface area contributed by atoms with Crippen LogP contribution in [0.15, 0.2) is 50.5 Å². The summed E-state index contributed by atoms with van der Waals surface area (Å²) < 4.78 is 19.9. The number of piperazine rings is 1. The fourth-order valence-corrected chi connectivity index (χ4v) is 3.46. The van der Waals surface area contributed by atoms with Gasteiger partial charge in [-0.15, -0.1) is 24.0 Å². The first-order chi connectivity index (χ1) is 13.1. The van der Waals surface area contributed by atoms with Gasteiger partial charge >= 0.3 is 0 Å². The number of nitrogens with one attached hydrogen (secondary N) is 1.